The number of amides is 2. The van der Waals surface area contributed by atoms with Crippen molar-refractivity contribution >= 4 is 17.8 Å². The van der Waals surface area contributed by atoms with Crippen molar-refractivity contribution in [3.8, 4) is 0 Å². The number of thioether (sulfide) groups is 1. The van der Waals surface area contributed by atoms with Gasteiger partial charge in [-0.05, 0) is 37.3 Å². The number of hydrogen-bond acceptors (Lipinski definition) is 3. The number of carbonyl (C=O) groups is 1. The van der Waals surface area contributed by atoms with Crippen LogP contribution >= 0.6 is 11.8 Å². The average molecular weight is 337 g/mol. The topological polar surface area (TPSA) is 61.4 Å². The van der Waals surface area contributed by atoms with E-state index in [4.69, 9.17) is 5.11 Å². The van der Waals surface area contributed by atoms with E-state index in [-0.39, 0.29) is 17.4 Å². The third kappa shape index (κ3) is 6.07. The normalized spacial score (nSPS) is 17.7. The van der Waals surface area contributed by atoms with E-state index in [1.54, 1.807) is 0 Å². The molecule has 5 heteroatoms. The van der Waals surface area contributed by atoms with E-state index < -0.39 is 0 Å². The van der Waals surface area contributed by atoms with Gasteiger partial charge in [-0.3, -0.25) is 0 Å². The lowest BCUT2D eigenvalue weighted by Crippen LogP contribution is -2.44. The lowest BCUT2D eigenvalue weighted by Gasteiger charge is -2.29. The fraction of sp³-hybridized carbons (Fsp3) is 0.611. The van der Waals surface area contributed by atoms with Crippen molar-refractivity contribution in [2.45, 2.75) is 48.7 Å². The molecule has 0 aromatic heterocycles. The number of urea groups is 1. The molecule has 1 aromatic carbocycles. The predicted octanol–water partition coefficient (Wildman–Crippen LogP) is 3.41. The monoisotopic (exact) mass is 336 g/mol. The first-order valence-electron chi connectivity index (χ1n) is 8.50. The maximum absolute atomic E-state index is 12.0. The van der Waals surface area contributed by atoms with Crippen molar-refractivity contribution in [2.24, 2.45) is 5.92 Å². The molecule has 1 unspecified atom stereocenters. The highest BCUT2D eigenvalue weighted by Crippen LogP contribution is 2.44. The first-order valence-corrected chi connectivity index (χ1v) is 9.32. The van der Waals surface area contributed by atoms with Crippen molar-refractivity contribution in [1.29, 1.82) is 0 Å². The standard InChI is InChI=1S/C18H28N2O2S/c1-15(9-12-21)13-19-17(22)20-14-18(10-5-6-11-18)23-16-7-3-2-4-8-16/h2-4,7-8,15,21H,5-6,9-14H2,1H3,(H2,19,20,22). The zero-order valence-corrected chi connectivity index (χ0v) is 14.7. The molecule has 2 rings (SSSR count). The van der Waals surface area contributed by atoms with Gasteiger partial charge in [0, 0.05) is 29.3 Å². The summed E-state index contributed by atoms with van der Waals surface area (Å²) < 4.78 is 0.120. The molecule has 128 valence electrons. The fourth-order valence-electron chi connectivity index (χ4n) is 2.97. The Bertz CT molecular complexity index is 475. The summed E-state index contributed by atoms with van der Waals surface area (Å²) in [7, 11) is 0. The molecular weight excluding hydrogens is 308 g/mol. The van der Waals surface area contributed by atoms with Crippen LogP contribution in [0.1, 0.15) is 39.0 Å². The SMILES string of the molecule is CC(CCO)CNC(=O)NCC1(Sc2ccccc2)CCCC1. The fourth-order valence-corrected chi connectivity index (χ4v) is 4.40. The van der Waals surface area contributed by atoms with Gasteiger partial charge in [-0.15, -0.1) is 11.8 Å². The largest absolute Gasteiger partial charge is 0.396 e. The van der Waals surface area contributed by atoms with E-state index in [1.807, 2.05) is 24.8 Å². The molecule has 1 aliphatic carbocycles. The van der Waals surface area contributed by atoms with Crippen LogP contribution in [0.4, 0.5) is 4.79 Å². The number of benzene rings is 1. The van der Waals surface area contributed by atoms with Crippen LogP contribution in [0.25, 0.3) is 0 Å². The summed E-state index contributed by atoms with van der Waals surface area (Å²) in [5.74, 6) is 0.296. The van der Waals surface area contributed by atoms with Crippen molar-refractivity contribution in [1.82, 2.24) is 10.6 Å². The van der Waals surface area contributed by atoms with Gasteiger partial charge < -0.3 is 15.7 Å². The van der Waals surface area contributed by atoms with Crippen LogP contribution in [-0.4, -0.2) is 35.6 Å². The molecule has 4 nitrogen and oxygen atoms in total. The van der Waals surface area contributed by atoms with Crippen LogP contribution in [0, 0.1) is 5.92 Å². The van der Waals surface area contributed by atoms with Crippen LogP contribution in [0.15, 0.2) is 35.2 Å². The average Bonchev–Trinajstić information content (AvgIpc) is 3.01. The van der Waals surface area contributed by atoms with Crippen LogP contribution in [0.5, 0.6) is 0 Å². The molecule has 1 atom stereocenters. The van der Waals surface area contributed by atoms with Crippen molar-refractivity contribution in [3.05, 3.63) is 30.3 Å². The Morgan fingerprint density at radius 3 is 2.61 bits per heavy atom. The van der Waals surface area contributed by atoms with Crippen molar-refractivity contribution in [3.63, 3.8) is 0 Å². The summed E-state index contributed by atoms with van der Waals surface area (Å²) in [6.45, 7) is 3.50. The molecule has 0 aliphatic heterocycles. The third-order valence-corrected chi connectivity index (χ3v) is 5.89. The Kier molecular flexibility index (Phi) is 7.24. The number of aliphatic hydroxyl groups is 1. The highest BCUT2D eigenvalue weighted by Gasteiger charge is 2.35. The highest BCUT2D eigenvalue weighted by molar-refractivity contribution is 8.00. The Morgan fingerprint density at radius 2 is 1.96 bits per heavy atom. The number of hydrogen-bond donors (Lipinski definition) is 3. The molecule has 0 spiro atoms. The second-order valence-corrected chi connectivity index (χ2v) is 8.03. The molecule has 2 amide bonds. The minimum Gasteiger partial charge on any atom is -0.396 e. The second kappa shape index (κ2) is 9.18. The highest BCUT2D eigenvalue weighted by atomic mass is 32.2. The summed E-state index contributed by atoms with van der Waals surface area (Å²) in [5, 5.41) is 14.8. The smallest absolute Gasteiger partial charge is 0.314 e. The lowest BCUT2D eigenvalue weighted by atomic mass is 10.1. The van der Waals surface area contributed by atoms with Gasteiger partial charge in [-0.2, -0.15) is 0 Å². The predicted molar refractivity (Wildman–Crippen MR) is 95.8 cm³/mol. The molecule has 1 saturated carbocycles. The zero-order chi connectivity index (χ0) is 16.5. The minimum atomic E-state index is -0.102. The summed E-state index contributed by atoms with van der Waals surface area (Å²) in [4.78, 5) is 13.3. The van der Waals surface area contributed by atoms with Crippen LogP contribution in [0.2, 0.25) is 0 Å². The van der Waals surface area contributed by atoms with Gasteiger partial charge in [0.1, 0.15) is 0 Å². The summed E-state index contributed by atoms with van der Waals surface area (Å²) in [6.07, 6.45) is 5.48. The Morgan fingerprint density at radius 1 is 1.26 bits per heavy atom. The third-order valence-electron chi connectivity index (χ3n) is 4.40. The second-order valence-electron chi connectivity index (χ2n) is 6.49. The van der Waals surface area contributed by atoms with Gasteiger partial charge in [0.2, 0.25) is 0 Å². The van der Waals surface area contributed by atoms with E-state index in [0.29, 0.717) is 25.4 Å². The van der Waals surface area contributed by atoms with Gasteiger partial charge in [-0.1, -0.05) is 38.0 Å². The van der Waals surface area contributed by atoms with Gasteiger partial charge in [0.15, 0.2) is 0 Å². The van der Waals surface area contributed by atoms with E-state index in [1.165, 1.54) is 17.7 Å². The molecule has 0 heterocycles. The molecule has 1 fully saturated rings. The van der Waals surface area contributed by atoms with Gasteiger partial charge in [-0.25, -0.2) is 4.79 Å². The van der Waals surface area contributed by atoms with E-state index in [2.05, 4.69) is 34.9 Å². The molecule has 0 saturated heterocycles. The molecule has 0 radical (unpaired) electrons. The van der Waals surface area contributed by atoms with Gasteiger partial charge >= 0.3 is 6.03 Å². The Hall–Kier alpha value is -1.20. The van der Waals surface area contributed by atoms with Crippen LogP contribution in [0.3, 0.4) is 0 Å². The summed E-state index contributed by atoms with van der Waals surface area (Å²) in [5.41, 5.74) is 0. The van der Waals surface area contributed by atoms with Gasteiger partial charge in [0.25, 0.3) is 0 Å². The summed E-state index contributed by atoms with van der Waals surface area (Å²) >= 11 is 1.90. The van der Waals surface area contributed by atoms with E-state index >= 15 is 0 Å². The molecular formula is C18H28N2O2S. The van der Waals surface area contributed by atoms with Gasteiger partial charge in [0.05, 0.1) is 0 Å². The summed E-state index contributed by atoms with van der Waals surface area (Å²) in [6, 6.07) is 10.3. The quantitative estimate of drug-likeness (QED) is 0.682. The lowest BCUT2D eigenvalue weighted by molar-refractivity contribution is 0.233. The van der Waals surface area contributed by atoms with Crippen LogP contribution < -0.4 is 10.6 Å². The number of rotatable bonds is 8. The van der Waals surface area contributed by atoms with Crippen LogP contribution in [-0.2, 0) is 0 Å². The van der Waals surface area contributed by atoms with E-state index in [0.717, 1.165) is 12.8 Å². The van der Waals surface area contributed by atoms with E-state index in [9.17, 15) is 4.79 Å². The first-order chi connectivity index (χ1) is 11.1. The Labute approximate surface area is 143 Å². The molecule has 0 bridgehead atoms. The maximum Gasteiger partial charge on any atom is 0.314 e. The first kappa shape index (κ1) is 18.1. The Balaban J connectivity index is 1.81. The number of aliphatic hydroxyl groups excluding tert-OH is 1. The molecule has 3 N–H and O–H groups in total. The number of nitrogens with one attached hydrogen (secondary N) is 2. The number of carbonyl (C=O) groups excluding carboxylic acids is 1. The molecule has 23 heavy (non-hydrogen) atoms. The minimum absolute atomic E-state index is 0.102. The maximum atomic E-state index is 12.0. The van der Waals surface area contributed by atoms with Crippen molar-refractivity contribution < 1.29 is 9.90 Å². The molecule has 1 aromatic rings. The van der Waals surface area contributed by atoms with Crippen molar-refractivity contribution in [2.75, 3.05) is 19.7 Å². The molecule has 1 aliphatic rings. The zero-order valence-electron chi connectivity index (χ0n) is 13.9.